The highest BCUT2D eigenvalue weighted by molar-refractivity contribution is 7.90. The van der Waals surface area contributed by atoms with Gasteiger partial charge in [0.1, 0.15) is 0 Å². The van der Waals surface area contributed by atoms with E-state index in [1.165, 1.54) is 6.42 Å². The van der Waals surface area contributed by atoms with Gasteiger partial charge in [0.2, 0.25) is 10.0 Å². The lowest BCUT2D eigenvalue weighted by atomic mass is 9.96. The van der Waals surface area contributed by atoms with E-state index in [0.29, 0.717) is 5.92 Å². The van der Waals surface area contributed by atoms with Gasteiger partial charge in [0.25, 0.3) is 0 Å². The van der Waals surface area contributed by atoms with Crippen molar-refractivity contribution in [3.8, 4) is 0 Å². The first kappa shape index (κ1) is 13.3. The third-order valence-electron chi connectivity index (χ3n) is 4.13. The third-order valence-corrected chi connectivity index (χ3v) is 6.11. The zero-order valence-electron chi connectivity index (χ0n) is 10.6. The van der Waals surface area contributed by atoms with Crippen molar-refractivity contribution in [3.63, 3.8) is 0 Å². The predicted octanol–water partition coefficient (Wildman–Crippen LogP) is 1.24. The molecule has 0 aromatic heterocycles. The molecule has 1 saturated carbocycles. The van der Waals surface area contributed by atoms with E-state index in [9.17, 15) is 8.42 Å². The first-order valence-electron chi connectivity index (χ1n) is 6.81. The molecular weight excluding hydrogens is 236 g/mol. The first-order valence-corrected chi connectivity index (χ1v) is 8.36. The highest BCUT2D eigenvalue weighted by atomic mass is 32.2. The SMILES string of the molecule is CC1CCNCC1NS(=O)(=O)C1CCCCC1. The Kier molecular flexibility index (Phi) is 4.44. The van der Waals surface area contributed by atoms with Crippen LogP contribution in [-0.4, -0.2) is 32.8 Å². The van der Waals surface area contributed by atoms with E-state index < -0.39 is 10.0 Å². The average Bonchev–Trinajstić information content (AvgIpc) is 2.33. The Hall–Kier alpha value is -0.130. The topological polar surface area (TPSA) is 58.2 Å². The second kappa shape index (κ2) is 5.67. The summed E-state index contributed by atoms with van der Waals surface area (Å²) in [6, 6.07) is 0.0793. The highest BCUT2D eigenvalue weighted by Gasteiger charge is 2.31. The molecule has 5 heteroatoms. The molecule has 0 aromatic carbocycles. The molecule has 17 heavy (non-hydrogen) atoms. The van der Waals surface area contributed by atoms with E-state index in [-0.39, 0.29) is 11.3 Å². The molecule has 0 bridgehead atoms. The average molecular weight is 260 g/mol. The van der Waals surface area contributed by atoms with Gasteiger partial charge >= 0.3 is 0 Å². The fraction of sp³-hybridized carbons (Fsp3) is 1.00. The second-order valence-electron chi connectivity index (χ2n) is 5.50. The smallest absolute Gasteiger partial charge is 0.214 e. The molecule has 1 aliphatic heterocycles. The Morgan fingerprint density at radius 3 is 2.47 bits per heavy atom. The summed E-state index contributed by atoms with van der Waals surface area (Å²) in [4.78, 5) is 0. The largest absolute Gasteiger partial charge is 0.315 e. The third kappa shape index (κ3) is 3.42. The van der Waals surface area contributed by atoms with E-state index in [1.807, 2.05) is 0 Å². The van der Waals surface area contributed by atoms with Gasteiger partial charge in [0.05, 0.1) is 5.25 Å². The summed E-state index contributed by atoms with van der Waals surface area (Å²) in [5.41, 5.74) is 0. The van der Waals surface area contributed by atoms with Gasteiger partial charge in [-0.1, -0.05) is 26.2 Å². The van der Waals surface area contributed by atoms with Crippen molar-refractivity contribution in [3.05, 3.63) is 0 Å². The van der Waals surface area contributed by atoms with Gasteiger partial charge in [-0.25, -0.2) is 13.1 Å². The van der Waals surface area contributed by atoms with Gasteiger partial charge in [0.15, 0.2) is 0 Å². The quantitative estimate of drug-likeness (QED) is 0.802. The molecule has 0 spiro atoms. The molecule has 2 N–H and O–H groups in total. The van der Waals surface area contributed by atoms with Crippen molar-refractivity contribution in [2.45, 2.75) is 56.7 Å². The molecule has 100 valence electrons. The van der Waals surface area contributed by atoms with Crippen LogP contribution in [0.1, 0.15) is 45.4 Å². The standard InChI is InChI=1S/C12H24N2O2S/c1-10-7-8-13-9-12(10)14-17(15,16)11-5-3-2-4-6-11/h10-14H,2-9H2,1H3. The summed E-state index contributed by atoms with van der Waals surface area (Å²) in [5, 5.41) is 3.12. The number of piperidine rings is 1. The fourth-order valence-electron chi connectivity index (χ4n) is 2.83. The van der Waals surface area contributed by atoms with Crippen LogP contribution in [0.25, 0.3) is 0 Å². The molecule has 0 radical (unpaired) electrons. The van der Waals surface area contributed by atoms with Gasteiger partial charge in [-0.15, -0.1) is 0 Å². The molecule has 4 nitrogen and oxygen atoms in total. The molecule has 1 saturated heterocycles. The Labute approximate surface area is 105 Å². The van der Waals surface area contributed by atoms with E-state index in [0.717, 1.165) is 45.2 Å². The van der Waals surface area contributed by atoms with Crippen LogP contribution in [0.2, 0.25) is 0 Å². The van der Waals surface area contributed by atoms with Crippen molar-refractivity contribution >= 4 is 10.0 Å². The summed E-state index contributed by atoms with van der Waals surface area (Å²) >= 11 is 0. The van der Waals surface area contributed by atoms with Crippen LogP contribution in [-0.2, 0) is 10.0 Å². The summed E-state index contributed by atoms with van der Waals surface area (Å²) in [6.45, 7) is 3.91. The van der Waals surface area contributed by atoms with E-state index in [2.05, 4.69) is 17.0 Å². The summed E-state index contributed by atoms with van der Waals surface area (Å²) in [6.07, 6.45) is 6.03. The van der Waals surface area contributed by atoms with Gasteiger partial charge in [-0.2, -0.15) is 0 Å². The molecule has 2 fully saturated rings. The van der Waals surface area contributed by atoms with Gasteiger partial charge in [-0.05, 0) is 31.7 Å². The fourth-order valence-corrected chi connectivity index (χ4v) is 4.71. The predicted molar refractivity (Wildman–Crippen MR) is 69.4 cm³/mol. The highest BCUT2D eigenvalue weighted by Crippen LogP contribution is 2.24. The molecule has 0 amide bonds. The number of sulfonamides is 1. The number of nitrogens with one attached hydrogen (secondary N) is 2. The minimum Gasteiger partial charge on any atom is -0.315 e. The van der Waals surface area contributed by atoms with Gasteiger partial charge in [0, 0.05) is 12.6 Å². The molecule has 1 aliphatic carbocycles. The zero-order valence-corrected chi connectivity index (χ0v) is 11.4. The normalized spacial score (nSPS) is 32.5. The second-order valence-corrected chi connectivity index (χ2v) is 7.49. The monoisotopic (exact) mass is 260 g/mol. The molecular formula is C12H24N2O2S. The minimum absolute atomic E-state index is 0.0793. The Bertz CT molecular complexity index is 336. The van der Waals surface area contributed by atoms with Crippen LogP contribution >= 0.6 is 0 Å². The first-order chi connectivity index (χ1) is 8.09. The molecule has 0 aromatic rings. The summed E-state index contributed by atoms with van der Waals surface area (Å²) < 4.78 is 27.4. The Morgan fingerprint density at radius 2 is 1.82 bits per heavy atom. The lowest BCUT2D eigenvalue weighted by Gasteiger charge is -2.32. The number of hydrogen-bond donors (Lipinski definition) is 2. The van der Waals surface area contributed by atoms with Crippen LogP contribution in [0, 0.1) is 5.92 Å². The van der Waals surface area contributed by atoms with Crippen LogP contribution in [0.5, 0.6) is 0 Å². The van der Waals surface area contributed by atoms with Crippen LogP contribution in [0.3, 0.4) is 0 Å². The van der Waals surface area contributed by atoms with Gasteiger partial charge < -0.3 is 5.32 Å². The van der Waals surface area contributed by atoms with Crippen molar-refractivity contribution in [1.82, 2.24) is 10.0 Å². The maximum Gasteiger partial charge on any atom is 0.214 e. The van der Waals surface area contributed by atoms with E-state index in [1.54, 1.807) is 0 Å². The minimum atomic E-state index is -3.11. The van der Waals surface area contributed by atoms with E-state index >= 15 is 0 Å². The van der Waals surface area contributed by atoms with Crippen molar-refractivity contribution in [2.24, 2.45) is 5.92 Å². The lowest BCUT2D eigenvalue weighted by molar-refractivity contribution is 0.324. The Morgan fingerprint density at radius 1 is 1.12 bits per heavy atom. The lowest BCUT2D eigenvalue weighted by Crippen LogP contribution is -2.52. The van der Waals surface area contributed by atoms with Crippen LogP contribution in [0.4, 0.5) is 0 Å². The van der Waals surface area contributed by atoms with Crippen LogP contribution < -0.4 is 10.0 Å². The molecule has 2 unspecified atom stereocenters. The Balaban J connectivity index is 1.95. The molecule has 2 aliphatic rings. The molecule has 1 heterocycles. The van der Waals surface area contributed by atoms with Crippen LogP contribution in [0.15, 0.2) is 0 Å². The summed E-state index contributed by atoms with van der Waals surface area (Å²) in [7, 11) is -3.11. The van der Waals surface area contributed by atoms with Gasteiger partial charge in [-0.3, -0.25) is 0 Å². The number of hydrogen-bond acceptors (Lipinski definition) is 3. The maximum absolute atomic E-state index is 12.3. The molecule has 2 atom stereocenters. The van der Waals surface area contributed by atoms with Crippen molar-refractivity contribution in [2.75, 3.05) is 13.1 Å². The van der Waals surface area contributed by atoms with E-state index in [4.69, 9.17) is 0 Å². The summed E-state index contributed by atoms with van der Waals surface area (Å²) in [5.74, 6) is 0.439. The molecule has 2 rings (SSSR count). The number of rotatable bonds is 3. The van der Waals surface area contributed by atoms with Crippen molar-refractivity contribution < 1.29 is 8.42 Å². The van der Waals surface area contributed by atoms with Crippen molar-refractivity contribution in [1.29, 1.82) is 0 Å². The zero-order chi connectivity index (χ0) is 12.3. The maximum atomic E-state index is 12.3.